The van der Waals surface area contributed by atoms with Gasteiger partial charge in [0.05, 0.1) is 32.7 Å². The Hall–Kier alpha value is -4.19. The van der Waals surface area contributed by atoms with Crippen LogP contribution in [-0.4, -0.2) is 31.6 Å². The van der Waals surface area contributed by atoms with Crippen molar-refractivity contribution in [2.75, 3.05) is 21.3 Å². The van der Waals surface area contributed by atoms with Gasteiger partial charge in [0, 0.05) is 22.5 Å². The van der Waals surface area contributed by atoms with Crippen molar-refractivity contribution in [3.63, 3.8) is 0 Å². The number of hydrogen-bond donors (Lipinski definition) is 0. The van der Waals surface area contributed by atoms with E-state index in [1.165, 1.54) is 0 Å². The van der Waals surface area contributed by atoms with Crippen LogP contribution in [0.25, 0.3) is 16.9 Å². The SMILES string of the molecule is COc1ccc(CO/N=C(\C)c2cc(-c3cccc(OC)c3)n(-c3ccc(OC)cc3)c2C)cc1. The first-order valence-electron chi connectivity index (χ1n) is 11.3. The van der Waals surface area contributed by atoms with Gasteiger partial charge in [-0.3, -0.25) is 0 Å². The molecule has 0 bridgehead atoms. The van der Waals surface area contributed by atoms with E-state index in [9.17, 15) is 0 Å². The topological polar surface area (TPSA) is 54.2 Å². The lowest BCUT2D eigenvalue weighted by molar-refractivity contribution is 0.130. The fourth-order valence-corrected chi connectivity index (χ4v) is 4.01. The average molecular weight is 471 g/mol. The van der Waals surface area contributed by atoms with Crippen molar-refractivity contribution >= 4 is 5.71 Å². The molecule has 6 nitrogen and oxygen atoms in total. The molecule has 35 heavy (non-hydrogen) atoms. The highest BCUT2D eigenvalue weighted by Gasteiger charge is 2.17. The van der Waals surface area contributed by atoms with E-state index in [2.05, 4.69) is 28.8 Å². The molecular formula is C29H30N2O4. The molecule has 0 spiro atoms. The maximum absolute atomic E-state index is 5.69. The van der Waals surface area contributed by atoms with Crippen LogP contribution < -0.4 is 14.2 Å². The molecule has 6 heteroatoms. The lowest BCUT2D eigenvalue weighted by Gasteiger charge is -2.13. The summed E-state index contributed by atoms with van der Waals surface area (Å²) < 4.78 is 18.2. The molecule has 4 aromatic rings. The van der Waals surface area contributed by atoms with Crippen LogP contribution in [0.15, 0.2) is 84.0 Å². The molecule has 0 unspecified atom stereocenters. The van der Waals surface area contributed by atoms with Crippen molar-refractivity contribution in [1.29, 1.82) is 0 Å². The number of aromatic nitrogens is 1. The summed E-state index contributed by atoms with van der Waals surface area (Å²) in [5.74, 6) is 2.43. The highest BCUT2D eigenvalue weighted by atomic mass is 16.6. The van der Waals surface area contributed by atoms with Gasteiger partial charge in [-0.05, 0) is 74.0 Å². The van der Waals surface area contributed by atoms with Crippen LogP contribution in [0, 0.1) is 6.92 Å². The second-order valence-corrected chi connectivity index (χ2v) is 8.09. The van der Waals surface area contributed by atoms with Crippen molar-refractivity contribution in [3.05, 3.63) is 95.7 Å². The zero-order chi connectivity index (χ0) is 24.8. The van der Waals surface area contributed by atoms with E-state index in [0.29, 0.717) is 6.61 Å². The Kier molecular flexibility index (Phi) is 7.41. The average Bonchev–Trinajstić information content (AvgIpc) is 3.26. The molecule has 0 aliphatic heterocycles. The third-order valence-corrected chi connectivity index (χ3v) is 5.92. The van der Waals surface area contributed by atoms with Gasteiger partial charge in [0.15, 0.2) is 0 Å². The van der Waals surface area contributed by atoms with E-state index in [1.807, 2.05) is 73.7 Å². The summed E-state index contributed by atoms with van der Waals surface area (Å²) in [7, 11) is 5.00. The van der Waals surface area contributed by atoms with Gasteiger partial charge >= 0.3 is 0 Å². The van der Waals surface area contributed by atoms with Gasteiger partial charge < -0.3 is 23.6 Å². The number of benzene rings is 3. The summed E-state index contributed by atoms with van der Waals surface area (Å²) in [5, 5.41) is 4.42. The van der Waals surface area contributed by atoms with E-state index in [-0.39, 0.29) is 0 Å². The summed E-state index contributed by atoms with van der Waals surface area (Å²) in [6.07, 6.45) is 0. The third kappa shape index (κ3) is 5.32. The molecule has 0 atom stereocenters. The highest BCUT2D eigenvalue weighted by Crippen LogP contribution is 2.32. The molecule has 0 saturated carbocycles. The summed E-state index contributed by atoms with van der Waals surface area (Å²) in [6, 6.07) is 26.0. The van der Waals surface area contributed by atoms with E-state index in [1.54, 1.807) is 21.3 Å². The Morgan fingerprint density at radius 1 is 0.771 bits per heavy atom. The quantitative estimate of drug-likeness (QED) is 0.209. The first-order valence-corrected chi connectivity index (χ1v) is 11.3. The van der Waals surface area contributed by atoms with Crippen molar-refractivity contribution in [1.82, 2.24) is 4.57 Å². The molecule has 0 N–H and O–H groups in total. The van der Waals surface area contributed by atoms with Crippen LogP contribution in [0.5, 0.6) is 17.2 Å². The molecule has 1 heterocycles. The Morgan fingerprint density at radius 2 is 1.40 bits per heavy atom. The zero-order valence-electron chi connectivity index (χ0n) is 20.7. The fourth-order valence-electron chi connectivity index (χ4n) is 4.01. The summed E-state index contributed by atoms with van der Waals surface area (Å²) >= 11 is 0. The standard InChI is InChI=1S/C29H30N2O4/c1-20(30-35-19-22-9-13-25(32-3)14-10-22)28-18-29(23-7-6-8-27(17-23)34-5)31(21(28)2)24-11-15-26(33-4)16-12-24/h6-18H,19H2,1-5H3/b30-20+. The number of hydrogen-bond acceptors (Lipinski definition) is 5. The van der Waals surface area contributed by atoms with Crippen molar-refractivity contribution < 1.29 is 19.0 Å². The predicted molar refractivity (Wildman–Crippen MR) is 139 cm³/mol. The lowest BCUT2D eigenvalue weighted by Crippen LogP contribution is -2.03. The molecule has 3 aromatic carbocycles. The van der Waals surface area contributed by atoms with Crippen LogP contribution in [0.3, 0.4) is 0 Å². The molecule has 180 valence electrons. The largest absolute Gasteiger partial charge is 0.497 e. The van der Waals surface area contributed by atoms with E-state index in [4.69, 9.17) is 19.0 Å². The van der Waals surface area contributed by atoms with Crippen molar-refractivity contribution in [2.45, 2.75) is 20.5 Å². The van der Waals surface area contributed by atoms with Crippen LogP contribution in [0.1, 0.15) is 23.7 Å². The Labute approximate surface area is 206 Å². The monoisotopic (exact) mass is 470 g/mol. The normalized spacial score (nSPS) is 11.3. The predicted octanol–water partition coefficient (Wildman–Crippen LogP) is 6.42. The van der Waals surface area contributed by atoms with Crippen LogP contribution in [-0.2, 0) is 11.4 Å². The minimum Gasteiger partial charge on any atom is -0.497 e. The summed E-state index contributed by atoms with van der Waals surface area (Å²) in [6.45, 7) is 4.43. The smallest absolute Gasteiger partial charge is 0.142 e. The van der Waals surface area contributed by atoms with Gasteiger partial charge in [0.25, 0.3) is 0 Å². The molecule has 0 saturated heterocycles. The molecule has 0 radical (unpaired) electrons. The zero-order valence-corrected chi connectivity index (χ0v) is 20.7. The number of rotatable bonds is 9. The van der Waals surface area contributed by atoms with Crippen LogP contribution >= 0.6 is 0 Å². The lowest BCUT2D eigenvalue weighted by atomic mass is 10.1. The Balaban J connectivity index is 1.69. The first-order chi connectivity index (χ1) is 17.0. The minimum absolute atomic E-state index is 0.377. The van der Waals surface area contributed by atoms with E-state index >= 15 is 0 Å². The maximum Gasteiger partial charge on any atom is 0.142 e. The molecule has 0 aliphatic carbocycles. The van der Waals surface area contributed by atoms with Gasteiger partial charge in [-0.25, -0.2) is 0 Å². The van der Waals surface area contributed by atoms with Crippen LogP contribution in [0.2, 0.25) is 0 Å². The second kappa shape index (κ2) is 10.8. The Bertz CT molecular complexity index is 1310. The molecule has 0 aliphatic rings. The second-order valence-electron chi connectivity index (χ2n) is 8.09. The Morgan fingerprint density at radius 3 is 2.03 bits per heavy atom. The number of ether oxygens (including phenoxy) is 3. The van der Waals surface area contributed by atoms with Crippen molar-refractivity contribution in [2.24, 2.45) is 5.16 Å². The number of oxime groups is 1. The molecule has 1 aromatic heterocycles. The molecular weight excluding hydrogens is 440 g/mol. The van der Waals surface area contributed by atoms with Crippen LogP contribution in [0.4, 0.5) is 0 Å². The van der Waals surface area contributed by atoms with Gasteiger partial charge in [-0.2, -0.15) is 0 Å². The van der Waals surface area contributed by atoms with Gasteiger partial charge in [-0.1, -0.05) is 29.4 Å². The molecule has 0 fully saturated rings. The number of nitrogens with zero attached hydrogens (tertiary/aromatic N) is 2. The van der Waals surface area contributed by atoms with E-state index in [0.717, 1.165) is 56.7 Å². The number of methoxy groups -OCH3 is 3. The highest BCUT2D eigenvalue weighted by molar-refractivity contribution is 6.01. The van der Waals surface area contributed by atoms with Gasteiger partial charge in [-0.15, -0.1) is 0 Å². The minimum atomic E-state index is 0.377. The van der Waals surface area contributed by atoms with Gasteiger partial charge in [0.1, 0.15) is 23.9 Å². The summed E-state index contributed by atoms with van der Waals surface area (Å²) in [5.41, 5.74) is 6.99. The molecule has 4 rings (SSSR count). The fraction of sp³-hybridized carbons (Fsp3) is 0.207. The van der Waals surface area contributed by atoms with Crippen molar-refractivity contribution in [3.8, 4) is 34.2 Å². The summed E-state index contributed by atoms with van der Waals surface area (Å²) in [4.78, 5) is 5.69. The van der Waals surface area contributed by atoms with Gasteiger partial charge in [0.2, 0.25) is 0 Å². The third-order valence-electron chi connectivity index (χ3n) is 5.92. The maximum atomic E-state index is 5.69. The van der Waals surface area contributed by atoms with E-state index < -0.39 is 0 Å². The first kappa shape index (κ1) is 24.0. The molecule has 0 amide bonds.